The van der Waals surface area contributed by atoms with Crippen molar-refractivity contribution in [2.24, 2.45) is 0 Å². The maximum absolute atomic E-state index is 8.92. The lowest BCUT2D eigenvalue weighted by Crippen LogP contribution is -1.78. The summed E-state index contributed by atoms with van der Waals surface area (Å²) in [7, 11) is 0. The number of pyridine rings is 1. The number of aliphatic hydroxyl groups is 1. The predicted molar refractivity (Wildman–Crippen MR) is 55.1 cm³/mol. The first kappa shape index (κ1) is 8.93. The third kappa shape index (κ3) is 1.54. The molecule has 68 valence electrons. The van der Waals surface area contributed by atoms with Crippen LogP contribution >= 0.6 is 23.1 Å². The van der Waals surface area contributed by atoms with Crippen molar-refractivity contribution in [3.05, 3.63) is 17.4 Å². The monoisotopic (exact) mass is 212 g/mol. The Kier molecular flexibility index (Phi) is 2.48. The van der Waals surface area contributed by atoms with Crippen LogP contribution < -0.4 is 0 Å². The van der Waals surface area contributed by atoms with E-state index in [4.69, 9.17) is 5.11 Å². The van der Waals surface area contributed by atoms with Crippen molar-refractivity contribution in [1.29, 1.82) is 0 Å². The van der Waals surface area contributed by atoms with Crippen molar-refractivity contribution >= 4 is 33.3 Å². The highest BCUT2D eigenvalue weighted by Crippen LogP contribution is 2.30. The lowest BCUT2D eigenvalue weighted by Gasteiger charge is -1.93. The SMILES string of the molecule is CSc1cncc2nc(CO)sc12. The number of thioether (sulfide) groups is 1. The molecule has 2 heterocycles. The molecule has 0 aliphatic carbocycles. The Hall–Kier alpha value is -0.650. The molecule has 0 radical (unpaired) electrons. The van der Waals surface area contributed by atoms with E-state index in [9.17, 15) is 0 Å². The number of rotatable bonds is 2. The normalized spacial score (nSPS) is 10.9. The molecule has 0 amide bonds. The number of aromatic nitrogens is 2. The number of thiazole rings is 1. The Bertz CT molecular complexity index is 427. The van der Waals surface area contributed by atoms with E-state index in [1.54, 1.807) is 18.0 Å². The summed E-state index contributed by atoms with van der Waals surface area (Å²) in [5, 5.41) is 9.67. The molecule has 3 nitrogen and oxygen atoms in total. The zero-order chi connectivity index (χ0) is 9.26. The Morgan fingerprint density at radius 1 is 1.54 bits per heavy atom. The molecule has 2 aromatic heterocycles. The molecule has 2 aromatic rings. The van der Waals surface area contributed by atoms with Gasteiger partial charge in [-0.15, -0.1) is 23.1 Å². The van der Waals surface area contributed by atoms with Crippen LogP contribution in [0.25, 0.3) is 10.2 Å². The summed E-state index contributed by atoms with van der Waals surface area (Å²) in [6, 6.07) is 0. The summed E-state index contributed by atoms with van der Waals surface area (Å²) in [6.07, 6.45) is 5.56. The van der Waals surface area contributed by atoms with Gasteiger partial charge < -0.3 is 5.11 Å². The summed E-state index contributed by atoms with van der Waals surface area (Å²) < 4.78 is 1.12. The van der Waals surface area contributed by atoms with Gasteiger partial charge in [0.25, 0.3) is 0 Å². The average molecular weight is 212 g/mol. The smallest absolute Gasteiger partial charge is 0.119 e. The molecule has 0 bridgehead atoms. The van der Waals surface area contributed by atoms with E-state index in [2.05, 4.69) is 9.97 Å². The molecular weight excluding hydrogens is 204 g/mol. The van der Waals surface area contributed by atoms with Crippen molar-refractivity contribution < 1.29 is 5.11 Å². The van der Waals surface area contributed by atoms with Crippen LogP contribution in [0.1, 0.15) is 5.01 Å². The molecule has 1 N–H and O–H groups in total. The van der Waals surface area contributed by atoms with Gasteiger partial charge >= 0.3 is 0 Å². The van der Waals surface area contributed by atoms with E-state index in [1.807, 2.05) is 12.5 Å². The predicted octanol–water partition coefficient (Wildman–Crippen LogP) is 1.91. The number of fused-ring (bicyclic) bond motifs is 1. The minimum Gasteiger partial charge on any atom is -0.389 e. The van der Waals surface area contributed by atoms with Crippen LogP contribution in [0, 0.1) is 0 Å². The van der Waals surface area contributed by atoms with Crippen molar-refractivity contribution in [1.82, 2.24) is 9.97 Å². The van der Waals surface area contributed by atoms with E-state index in [1.165, 1.54) is 11.3 Å². The number of hydrogen-bond acceptors (Lipinski definition) is 5. The minimum atomic E-state index is 0.00711. The Balaban J connectivity index is 2.67. The second-order valence-corrected chi connectivity index (χ2v) is 4.39. The van der Waals surface area contributed by atoms with Gasteiger partial charge in [-0.2, -0.15) is 0 Å². The van der Waals surface area contributed by atoms with Gasteiger partial charge in [0.1, 0.15) is 10.5 Å². The fraction of sp³-hybridized carbons (Fsp3) is 0.250. The van der Waals surface area contributed by atoms with E-state index in [0.29, 0.717) is 0 Å². The molecule has 0 fully saturated rings. The molecular formula is C8H8N2OS2. The van der Waals surface area contributed by atoms with Gasteiger partial charge in [-0.1, -0.05) is 0 Å². The van der Waals surface area contributed by atoms with E-state index in [0.717, 1.165) is 20.1 Å². The third-order valence-electron chi connectivity index (χ3n) is 1.67. The highest BCUT2D eigenvalue weighted by Gasteiger charge is 2.06. The van der Waals surface area contributed by atoms with Crippen molar-refractivity contribution in [2.75, 3.05) is 6.26 Å². The second kappa shape index (κ2) is 3.61. The minimum absolute atomic E-state index is 0.00711. The first-order chi connectivity index (χ1) is 6.35. The standard InChI is InChI=1S/C8H8N2OS2/c1-12-6-3-9-2-5-8(6)13-7(4-11)10-5/h2-3,11H,4H2,1H3. The van der Waals surface area contributed by atoms with Crippen LogP contribution in [0.15, 0.2) is 17.3 Å². The summed E-state index contributed by atoms with van der Waals surface area (Å²) in [5.41, 5.74) is 0.876. The number of hydrogen-bond donors (Lipinski definition) is 1. The molecule has 0 saturated carbocycles. The fourth-order valence-electron chi connectivity index (χ4n) is 1.09. The van der Waals surface area contributed by atoms with E-state index in [-0.39, 0.29) is 6.61 Å². The largest absolute Gasteiger partial charge is 0.389 e. The van der Waals surface area contributed by atoms with Crippen LogP contribution in [-0.2, 0) is 6.61 Å². The molecule has 0 spiro atoms. The van der Waals surface area contributed by atoms with E-state index >= 15 is 0 Å². The Labute approximate surface area is 83.8 Å². The lowest BCUT2D eigenvalue weighted by atomic mass is 10.4. The van der Waals surface area contributed by atoms with Crippen molar-refractivity contribution in [2.45, 2.75) is 11.5 Å². The summed E-state index contributed by atoms with van der Waals surface area (Å²) >= 11 is 3.17. The van der Waals surface area contributed by atoms with Crippen LogP contribution in [0.3, 0.4) is 0 Å². The summed E-state index contributed by atoms with van der Waals surface area (Å²) in [5.74, 6) is 0. The number of aliphatic hydroxyl groups excluding tert-OH is 1. The van der Waals surface area contributed by atoms with Crippen LogP contribution in [0.5, 0.6) is 0 Å². The van der Waals surface area contributed by atoms with Gasteiger partial charge in [0.15, 0.2) is 0 Å². The summed E-state index contributed by atoms with van der Waals surface area (Å²) in [6.45, 7) is 0.00711. The zero-order valence-corrected chi connectivity index (χ0v) is 8.65. The van der Waals surface area contributed by atoms with Gasteiger partial charge in [-0.25, -0.2) is 4.98 Å². The molecule has 0 saturated heterocycles. The average Bonchev–Trinajstić information content (AvgIpc) is 2.59. The molecule has 2 rings (SSSR count). The Morgan fingerprint density at radius 3 is 3.08 bits per heavy atom. The molecule has 0 unspecified atom stereocenters. The number of nitrogens with zero attached hydrogens (tertiary/aromatic N) is 2. The maximum Gasteiger partial charge on any atom is 0.119 e. The molecule has 0 atom stereocenters. The second-order valence-electron chi connectivity index (χ2n) is 2.46. The Morgan fingerprint density at radius 2 is 2.38 bits per heavy atom. The molecule has 5 heteroatoms. The quantitative estimate of drug-likeness (QED) is 0.772. The highest BCUT2D eigenvalue weighted by atomic mass is 32.2. The topological polar surface area (TPSA) is 46.0 Å². The summed E-state index contributed by atoms with van der Waals surface area (Å²) in [4.78, 5) is 9.43. The zero-order valence-electron chi connectivity index (χ0n) is 7.02. The van der Waals surface area contributed by atoms with Gasteiger partial charge in [0.2, 0.25) is 0 Å². The molecule has 13 heavy (non-hydrogen) atoms. The van der Waals surface area contributed by atoms with Gasteiger partial charge in [-0.05, 0) is 6.26 Å². The first-order valence-electron chi connectivity index (χ1n) is 3.73. The van der Waals surface area contributed by atoms with Gasteiger partial charge in [0, 0.05) is 11.1 Å². The first-order valence-corrected chi connectivity index (χ1v) is 5.77. The van der Waals surface area contributed by atoms with Crippen LogP contribution in [-0.4, -0.2) is 21.3 Å². The van der Waals surface area contributed by atoms with Crippen molar-refractivity contribution in [3.63, 3.8) is 0 Å². The van der Waals surface area contributed by atoms with Gasteiger partial charge in [-0.3, -0.25) is 4.98 Å². The highest BCUT2D eigenvalue weighted by molar-refractivity contribution is 7.99. The molecule has 0 aliphatic heterocycles. The third-order valence-corrected chi connectivity index (χ3v) is 3.63. The van der Waals surface area contributed by atoms with E-state index < -0.39 is 0 Å². The molecule has 0 aromatic carbocycles. The fourth-order valence-corrected chi connectivity index (χ4v) is 2.72. The molecule has 0 aliphatic rings. The van der Waals surface area contributed by atoms with Gasteiger partial charge in [0.05, 0.1) is 17.5 Å². The van der Waals surface area contributed by atoms with Crippen molar-refractivity contribution in [3.8, 4) is 0 Å². The lowest BCUT2D eigenvalue weighted by molar-refractivity contribution is 0.281. The maximum atomic E-state index is 8.92. The van der Waals surface area contributed by atoms with Crippen LogP contribution in [0.2, 0.25) is 0 Å². The van der Waals surface area contributed by atoms with Crippen LogP contribution in [0.4, 0.5) is 0 Å².